The summed E-state index contributed by atoms with van der Waals surface area (Å²) in [6.07, 6.45) is -6.78. The molecule has 0 aliphatic carbocycles. The van der Waals surface area contributed by atoms with Crippen molar-refractivity contribution in [3.63, 3.8) is 0 Å². The predicted octanol–water partition coefficient (Wildman–Crippen LogP) is 1.05. The Hall–Kier alpha value is -4.70. The van der Waals surface area contributed by atoms with Crippen LogP contribution in [0.3, 0.4) is 0 Å². The van der Waals surface area contributed by atoms with Crippen LogP contribution in [-0.4, -0.2) is 97.1 Å². The first-order valence-corrected chi connectivity index (χ1v) is 14.1. The van der Waals surface area contributed by atoms with E-state index in [-0.39, 0.29) is 11.5 Å². The van der Waals surface area contributed by atoms with E-state index in [1.165, 1.54) is 18.2 Å². The molecule has 1 amide bonds. The van der Waals surface area contributed by atoms with Crippen LogP contribution in [0.2, 0.25) is 0 Å². The van der Waals surface area contributed by atoms with E-state index in [2.05, 4.69) is 5.32 Å². The molecule has 1 aromatic rings. The zero-order valence-electron chi connectivity index (χ0n) is 26.4. The number of phenolic OH excluding ortho intramolecular Hbond substituents is 1. The van der Waals surface area contributed by atoms with Gasteiger partial charge in [0.25, 0.3) is 5.79 Å². The van der Waals surface area contributed by atoms with Crippen molar-refractivity contribution >= 4 is 41.3 Å². The summed E-state index contributed by atoms with van der Waals surface area (Å²) in [6, 6.07) is 3.06. The number of amides is 1. The second kappa shape index (κ2) is 15.1. The van der Waals surface area contributed by atoms with Crippen LogP contribution in [-0.2, 0) is 61.9 Å². The molecule has 1 saturated heterocycles. The van der Waals surface area contributed by atoms with Gasteiger partial charge in [0, 0.05) is 46.2 Å². The third kappa shape index (κ3) is 8.94. The zero-order valence-corrected chi connectivity index (χ0v) is 26.4. The Morgan fingerprint density at radius 2 is 1.67 bits per heavy atom. The lowest BCUT2D eigenvalue weighted by molar-refractivity contribution is -0.336. The highest BCUT2D eigenvalue weighted by atomic mass is 16.8. The SMILES string of the molecule is COC(=O)[C@@]1(OC2C=C(C)c3ccc(O)cc3O2)C[C@H](OC(C)=O)[C@H](NC(C)=O)[C@H]([C@H](OC(C)=O)[C@@H](COC(C)=O)OC(C)=O)O1. The van der Waals surface area contributed by atoms with E-state index < -0.39 is 91.3 Å². The van der Waals surface area contributed by atoms with Gasteiger partial charge in [-0.25, -0.2) is 4.79 Å². The number of rotatable bonds is 11. The molecule has 46 heavy (non-hydrogen) atoms. The van der Waals surface area contributed by atoms with Gasteiger partial charge in [0.05, 0.1) is 19.6 Å². The molecule has 1 fully saturated rings. The normalized spacial score (nSPS) is 24.8. The molecule has 0 bridgehead atoms. The topological polar surface area (TPSA) is 209 Å². The summed E-state index contributed by atoms with van der Waals surface area (Å²) in [5.41, 5.74) is 1.26. The number of fused-ring (bicyclic) bond motifs is 1. The van der Waals surface area contributed by atoms with Crippen molar-refractivity contribution in [2.45, 2.75) is 90.5 Å². The number of nitrogens with one attached hydrogen (secondary N) is 1. The van der Waals surface area contributed by atoms with Gasteiger partial charge in [0.1, 0.15) is 30.3 Å². The zero-order chi connectivity index (χ0) is 34.3. The summed E-state index contributed by atoms with van der Waals surface area (Å²) < 4.78 is 44.8. The molecule has 1 aromatic carbocycles. The van der Waals surface area contributed by atoms with Gasteiger partial charge in [-0.05, 0) is 30.7 Å². The number of methoxy groups -OCH3 is 1. The van der Waals surface area contributed by atoms with Crippen LogP contribution < -0.4 is 10.1 Å². The number of ether oxygens (including phenoxy) is 8. The van der Waals surface area contributed by atoms with Crippen molar-refractivity contribution < 1.29 is 71.8 Å². The van der Waals surface area contributed by atoms with E-state index in [4.69, 9.17) is 37.9 Å². The molecule has 16 nitrogen and oxygen atoms in total. The fourth-order valence-corrected chi connectivity index (χ4v) is 5.15. The highest BCUT2D eigenvalue weighted by Crippen LogP contribution is 2.41. The van der Waals surface area contributed by atoms with E-state index in [1.807, 2.05) is 0 Å². The van der Waals surface area contributed by atoms with Gasteiger partial charge in [0.2, 0.25) is 12.2 Å². The Morgan fingerprint density at radius 1 is 1.00 bits per heavy atom. The van der Waals surface area contributed by atoms with Crippen molar-refractivity contribution in [3.8, 4) is 11.5 Å². The van der Waals surface area contributed by atoms with E-state index in [0.717, 1.165) is 41.7 Å². The molecule has 2 N–H and O–H groups in total. The standard InChI is InChI=1S/C30H37NO15/c1-14-10-25(44-22-11-20(37)8-9-21(14)22)45-30(29(38)39-7)12-23(41-17(4)34)26(31-15(2)32)28(46-30)27(43-19(6)36)24(42-18(5)35)13-40-16(3)33/h8-11,23-28,37H,12-13H2,1-7H3,(H,31,32)/t23-,24+,25?,26-,27+,28+,30+/m0/s1. The minimum absolute atomic E-state index is 0.106. The van der Waals surface area contributed by atoms with Crippen LogP contribution in [0.15, 0.2) is 24.3 Å². The van der Waals surface area contributed by atoms with Crippen LogP contribution >= 0.6 is 0 Å². The summed E-state index contributed by atoms with van der Waals surface area (Å²) in [4.78, 5) is 74.5. The van der Waals surface area contributed by atoms with Gasteiger partial charge < -0.3 is 43.6 Å². The van der Waals surface area contributed by atoms with Crippen molar-refractivity contribution in [3.05, 3.63) is 29.8 Å². The minimum atomic E-state index is -2.48. The summed E-state index contributed by atoms with van der Waals surface area (Å²) in [6.45, 7) is 6.50. The van der Waals surface area contributed by atoms with Gasteiger partial charge in [-0.15, -0.1) is 0 Å². The molecule has 3 rings (SSSR count). The van der Waals surface area contributed by atoms with Gasteiger partial charge in [-0.3, -0.25) is 28.7 Å². The number of benzene rings is 1. The van der Waals surface area contributed by atoms with E-state index in [1.54, 1.807) is 13.0 Å². The molecular weight excluding hydrogens is 614 g/mol. The Labute approximate surface area is 264 Å². The lowest BCUT2D eigenvalue weighted by Gasteiger charge is -2.49. The number of hydrogen-bond acceptors (Lipinski definition) is 15. The summed E-state index contributed by atoms with van der Waals surface area (Å²) in [7, 11) is 1.04. The Kier molecular flexibility index (Phi) is 11.7. The maximum atomic E-state index is 13.6. The quantitative estimate of drug-likeness (QED) is 0.253. The lowest BCUT2D eigenvalue weighted by Crippen LogP contribution is -2.69. The number of aromatic hydroxyl groups is 1. The lowest BCUT2D eigenvalue weighted by atomic mass is 9.88. The van der Waals surface area contributed by atoms with Gasteiger partial charge in [0.15, 0.2) is 12.2 Å². The van der Waals surface area contributed by atoms with Crippen molar-refractivity contribution in [2.75, 3.05) is 13.7 Å². The maximum absolute atomic E-state index is 13.6. The Morgan fingerprint density at radius 3 is 2.24 bits per heavy atom. The Bertz CT molecular complexity index is 1390. The largest absolute Gasteiger partial charge is 0.508 e. The highest BCUT2D eigenvalue weighted by molar-refractivity contribution is 5.79. The van der Waals surface area contributed by atoms with Crippen LogP contribution in [0.4, 0.5) is 0 Å². The Balaban J connectivity index is 2.20. The molecule has 2 heterocycles. The third-order valence-corrected chi connectivity index (χ3v) is 6.82. The maximum Gasteiger partial charge on any atom is 0.366 e. The molecule has 7 atom stereocenters. The molecule has 0 radical (unpaired) electrons. The molecule has 0 spiro atoms. The first-order chi connectivity index (χ1) is 21.5. The van der Waals surface area contributed by atoms with Crippen LogP contribution in [0.25, 0.3) is 5.57 Å². The van der Waals surface area contributed by atoms with E-state index in [9.17, 15) is 33.9 Å². The molecule has 2 aliphatic rings. The number of carbonyl (C=O) groups excluding carboxylic acids is 6. The second-order valence-corrected chi connectivity index (χ2v) is 10.6. The van der Waals surface area contributed by atoms with Crippen LogP contribution in [0, 0.1) is 0 Å². The number of esters is 5. The van der Waals surface area contributed by atoms with Gasteiger partial charge in [-0.1, -0.05) is 0 Å². The van der Waals surface area contributed by atoms with E-state index >= 15 is 0 Å². The molecular formula is C30H37NO15. The third-order valence-electron chi connectivity index (χ3n) is 6.82. The highest BCUT2D eigenvalue weighted by Gasteiger charge is 2.60. The number of carbonyl (C=O) groups is 6. The molecule has 0 saturated carbocycles. The first kappa shape index (κ1) is 35.8. The summed E-state index contributed by atoms with van der Waals surface area (Å²) >= 11 is 0. The van der Waals surface area contributed by atoms with Crippen LogP contribution in [0.1, 0.15) is 53.5 Å². The fourth-order valence-electron chi connectivity index (χ4n) is 5.15. The van der Waals surface area contributed by atoms with Crippen molar-refractivity contribution in [2.24, 2.45) is 0 Å². The molecule has 0 aromatic heterocycles. The van der Waals surface area contributed by atoms with Crippen LogP contribution in [0.5, 0.6) is 11.5 Å². The smallest absolute Gasteiger partial charge is 0.366 e. The van der Waals surface area contributed by atoms with Gasteiger partial charge in [-0.2, -0.15) is 0 Å². The molecule has 16 heteroatoms. The summed E-state index contributed by atoms with van der Waals surface area (Å²) in [5.74, 6) is -7.54. The monoisotopic (exact) mass is 651 g/mol. The average molecular weight is 652 g/mol. The average Bonchev–Trinajstić information content (AvgIpc) is 2.93. The van der Waals surface area contributed by atoms with Crippen molar-refractivity contribution in [1.29, 1.82) is 0 Å². The second-order valence-electron chi connectivity index (χ2n) is 10.6. The fraction of sp³-hybridized carbons (Fsp3) is 0.533. The number of hydrogen-bond donors (Lipinski definition) is 2. The molecule has 2 aliphatic heterocycles. The van der Waals surface area contributed by atoms with E-state index in [0.29, 0.717) is 11.1 Å². The predicted molar refractivity (Wildman–Crippen MR) is 152 cm³/mol. The number of phenols is 1. The van der Waals surface area contributed by atoms with Gasteiger partial charge >= 0.3 is 29.8 Å². The first-order valence-electron chi connectivity index (χ1n) is 14.1. The summed E-state index contributed by atoms with van der Waals surface area (Å²) in [5, 5.41) is 12.6. The van der Waals surface area contributed by atoms with Crippen molar-refractivity contribution in [1.82, 2.24) is 5.32 Å². The minimum Gasteiger partial charge on any atom is -0.508 e. The number of allylic oxidation sites excluding steroid dienone is 1. The molecule has 252 valence electrons. The molecule has 1 unspecified atom stereocenters.